The molecule has 0 saturated carbocycles. The summed E-state index contributed by atoms with van der Waals surface area (Å²) < 4.78 is 5.41. The van der Waals surface area contributed by atoms with Crippen LogP contribution in [0.1, 0.15) is 54.0 Å². The molecule has 0 fully saturated rings. The highest BCUT2D eigenvalue weighted by Crippen LogP contribution is 2.49. The van der Waals surface area contributed by atoms with Crippen LogP contribution in [-0.2, 0) is 11.8 Å². The van der Waals surface area contributed by atoms with E-state index in [9.17, 15) is 0 Å². The van der Waals surface area contributed by atoms with Crippen LogP contribution in [0, 0.1) is 0 Å². The zero-order valence-electron chi connectivity index (χ0n) is 19.1. The molecule has 1 heteroatoms. The van der Waals surface area contributed by atoms with E-state index in [1.54, 1.807) is 7.11 Å². The van der Waals surface area contributed by atoms with Crippen LogP contribution >= 0.6 is 0 Å². The number of benzene rings is 4. The molecule has 0 amide bonds. The highest BCUT2D eigenvalue weighted by Gasteiger charge is 2.35. The minimum absolute atomic E-state index is 0.0197. The second-order valence-corrected chi connectivity index (χ2v) is 9.33. The SMILES string of the molecule is COc1ccc(C(CCc2ccccc2)c2ccc3c(c2)C(C)(C)c2ccccc2-3)cc1. The van der Waals surface area contributed by atoms with Gasteiger partial charge in [0.05, 0.1) is 7.11 Å². The Morgan fingerprint density at radius 3 is 2.09 bits per heavy atom. The molecule has 5 rings (SSSR count). The van der Waals surface area contributed by atoms with Crippen molar-refractivity contribution >= 4 is 0 Å². The number of ether oxygens (including phenoxy) is 1. The van der Waals surface area contributed by atoms with Gasteiger partial charge in [0.15, 0.2) is 0 Å². The van der Waals surface area contributed by atoms with Crippen LogP contribution in [0.2, 0.25) is 0 Å². The summed E-state index contributed by atoms with van der Waals surface area (Å²) in [7, 11) is 1.72. The summed E-state index contributed by atoms with van der Waals surface area (Å²) in [4.78, 5) is 0. The van der Waals surface area contributed by atoms with Gasteiger partial charge in [-0.15, -0.1) is 0 Å². The minimum Gasteiger partial charge on any atom is -0.497 e. The van der Waals surface area contributed by atoms with E-state index >= 15 is 0 Å². The van der Waals surface area contributed by atoms with E-state index in [4.69, 9.17) is 4.74 Å². The van der Waals surface area contributed by atoms with Crippen molar-refractivity contribution in [2.75, 3.05) is 7.11 Å². The van der Waals surface area contributed by atoms with Crippen molar-refractivity contribution in [3.63, 3.8) is 0 Å². The van der Waals surface area contributed by atoms with E-state index < -0.39 is 0 Å². The Morgan fingerprint density at radius 2 is 1.34 bits per heavy atom. The lowest BCUT2D eigenvalue weighted by Gasteiger charge is -2.24. The van der Waals surface area contributed by atoms with Crippen LogP contribution in [-0.4, -0.2) is 7.11 Å². The Hall–Kier alpha value is -3.32. The van der Waals surface area contributed by atoms with Gasteiger partial charge >= 0.3 is 0 Å². The maximum atomic E-state index is 5.41. The molecule has 0 radical (unpaired) electrons. The normalized spacial score (nSPS) is 14.5. The first-order valence-corrected chi connectivity index (χ1v) is 11.5. The minimum atomic E-state index is 0.0197. The monoisotopic (exact) mass is 418 g/mol. The topological polar surface area (TPSA) is 9.23 Å². The molecule has 1 unspecified atom stereocenters. The molecule has 0 saturated heterocycles. The molecule has 0 N–H and O–H groups in total. The summed E-state index contributed by atoms with van der Waals surface area (Å²) in [5.41, 5.74) is 9.77. The van der Waals surface area contributed by atoms with Crippen LogP contribution in [0.25, 0.3) is 11.1 Å². The molecule has 0 spiro atoms. The van der Waals surface area contributed by atoms with Crippen molar-refractivity contribution in [3.8, 4) is 16.9 Å². The highest BCUT2D eigenvalue weighted by atomic mass is 16.5. The van der Waals surface area contributed by atoms with Gasteiger partial charge in [0, 0.05) is 11.3 Å². The van der Waals surface area contributed by atoms with Gasteiger partial charge in [-0.25, -0.2) is 0 Å². The lowest BCUT2D eigenvalue weighted by molar-refractivity contribution is 0.414. The van der Waals surface area contributed by atoms with Crippen molar-refractivity contribution < 1.29 is 4.74 Å². The lowest BCUT2D eigenvalue weighted by atomic mass is 9.79. The van der Waals surface area contributed by atoms with Gasteiger partial charge in [-0.2, -0.15) is 0 Å². The van der Waals surface area contributed by atoms with E-state index in [0.29, 0.717) is 5.92 Å². The van der Waals surface area contributed by atoms with Gasteiger partial charge in [-0.3, -0.25) is 0 Å². The maximum Gasteiger partial charge on any atom is 0.118 e. The van der Waals surface area contributed by atoms with E-state index in [0.717, 1.165) is 18.6 Å². The highest BCUT2D eigenvalue weighted by molar-refractivity contribution is 5.81. The summed E-state index contributed by atoms with van der Waals surface area (Å²) in [6.45, 7) is 4.71. The Morgan fingerprint density at radius 1 is 0.688 bits per heavy atom. The summed E-state index contributed by atoms with van der Waals surface area (Å²) in [5.74, 6) is 1.24. The molecule has 4 aromatic rings. The Labute approximate surface area is 191 Å². The number of methoxy groups -OCH3 is 1. The fourth-order valence-electron chi connectivity index (χ4n) is 5.26. The Bertz CT molecular complexity index is 1220. The first-order valence-electron chi connectivity index (χ1n) is 11.5. The quantitative estimate of drug-likeness (QED) is 0.311. The molecular formula is C31H30O. The third kappa shape index (κ3) is 3.62. The van der Waals surface area contributed by atoms with Gasteiger partial charge in [0.2, 0.25) is 0 Å². The average Bonchev–Trinajstić information content (AvgIpc) is 3.07. The molecular weight excluding hydrogens is 388 g/mol. The summed E-state index contributed by atoms with van der Waals surface area (Å²) >= 11 is 0. The first-order chi connectivity index (χ1) is 15.6. The second kappa shape index (κ2) is 8.31. The van der Waals surface area contributed by atoms with Crippen molar-refractivity contribution in [1.82, 2.24) is 0 Å². The third-order valence-corrected chi connectivity index (χ3v) is 7.09. The molecule has 32 heavy (non-hydrogen) atoms. The van der Waals surface area contributed by atoms with Crippen LogP contribution in [0.5, 0.6) is 5.75 Å². The molecule has 0 bridgehead atoms. The number of rotatable bonds is 6. The maximum absolute atomic E-state index is 5.41. The molecule has 160 valence electrons. The molecule has 1 aliphatic rings. The third-order valence-electron chi connectivity index (χ3n) is 7.09. The zero-order chi connectivity index (χ0) is 22.1. The summed E-state index contributed by atoms with van der Waals surface area (Å²) in [6, 6.07) is 35.4. The van der Waals surface area contributed by atoms with Crippen LogP contribution in [0.4, 0.5) is 0 Å². The number of fused-ring (bicyclic) bond motifs is 3. The standard InChI is InChI=1S/C31H30O/c1-31(2)29-12-8-7-11-27(29)28-20-16-24(21-30(28)31)26(19-13-22-9-5-4-6-10-22)23-14-17-25(32-3)18-15-23/h4-12,14-18,20-21,26H,13,19H2,1-3H3. The molecule has 0 aromatic heterocycles. The van der Waals surface area contributed by atoms with Gasteiger partial charge in [-0.05, 0) is 63.9 Å². The fourth-order valence-corrected chi connectivity index (χ4v) is 5.26. The van der Waals surface area contributed by atoms with Gasteiger partial charge in [0.1, 0.15) is 5.75 Å². The van der Waals surface area contributed by atoms with Gasteiger partial charge in [0.25, 0.3) is 0 Å². The Kier molecular flexibility index (Phi) is 5.35. The van der Waals surface area contributed by atoms with Crippen molar-refractivity contribution in [2.45, 2.75) is 38.0 Å². The molecule has 1 atom stereocenters. The molecule has 0 heterocycles. The van der Waals surface area contributed by atoms with Crippen LogP contribution in [0.3, 0.4) is 0 Å². The first kappa shape index (κ1) is 20.6. The predicted octanol–water partition coefficient (Wildman–Crippen LogP) is 7.77. The molecule has 4 aromatic carbocycles. The predicted molar refractivity (Wildman–Crippen MR) is 134 cm³/mol. The van der Waals surface area contributed by atoms with Crippen LogP contribution < -0.4 is 4.74 Å². The number of hydrogen-bond donors (Lipinski definition) is 0. The fraction of sp³-hybridized carbons (Fsp3) is 0.226. The van der Waals surface area contributed by atoms with Crippen molar-refractivity contribution in [3.05, 3.63) is 125 Å². The number of aryl methyl sites for hydroxylation is 1. The lowest BCUT2D eigenvalue weighted by Crippen LogP contribution is -2.15. The number of hydrogen-bond acceptors (Lipinski definition) is 1. The summed E-state index contributed by atoms with van der Waals surface area (Å²) in [6.07, 6.45) is 2.13. The van der Waals surface area contributed by atoms with E-state index in [2.05, 4.69) is 111 Å². The Balaban J connectivity index is 1.55. The molecule has 1 aliphatic carbocycles. The molecule has 1 nitrogen and oxygen atoms in total. The van der Waals surface area contributed by atoms with Gasteiger partial charge in [-0.1, -0.05) is 98.8 Å². The van der Waals surface area contributed by atoms with Gasteiger partial charge < -0.3 is 4.74 Å². The molecule has 0 aliphatic heterocycles. The van der Waals surface area contributed by atoms with Crippen LogP contribution in [0.15, 0.2) is 97.1 Å². The van der Waals surface area contributed by atoms with Crippen molar-refractivity contribution in [1.29, 1.82) is 0 Å². The van der Waals surface area contributed by atoms with E-state index in [1.807, 2.05) is 0 Å². The zero-order valence-corrected chi connectivity index (χ0v) is 19.1. The smallest absolute Gasteiger partial charge is 0.118 e. The van der Waals surface area contributed by atoms with E-state index in [1.165, 1.54) is 38.9 Å². The van der Waals surface area contributed by atoms with E-state index in [-0.39, 0.29) is 5.41 Å². The largest absolute Gasteiger partial charge is 0.497 e. The van der Waals surface area contributed by atoms with Crippen molar-refractivity contribution in [2.24, 2.45) is 0 Å². The summed E-state index contributed by atoms with van der Waals surface area (Å²) in [5, 5.41) is 0. The average molecular weight is 419 g/mol. The second-order valence-electron chi connectivity index (χ2n) is 9.33.